The zero-order chi connectivity index (χ0) is 12.4. The van der Waals surface area contributed by atoms with E-state index in [2.05, 4.69) is 20.9 Å². The van der Waals surface area contributed by atoms with Gasteiger partial charge in [-0.25, -0.2) is 9.37 Å². The molecule has 0 saturated heterocycles. The monoisotopic (exact) mass is 298 g/mol. The molecule has 17 heavy (non-hydrogen) atoms. The molecule has 0 saturated carbocycles. The fourth-order valence-electron chi connectivity index (χ4n) is 1.78. The van der Waals surface area contributed by atoms with Crippen LogP contribution in [0.1, 0.15) is 5.82 Å². The van der Waals surface area contributed by atoms with Crippen molar-refractivity contribution in [2.24, 2.45) is 7.05 Å². The summed E-state index contributed by atoms with van der Waals surface area (Å²) in [6.45, 7) is 0.0218. The summed E-state index contributed by atoms with van der Waals surface area (Å²) in [7, 11) is 1.81. The highest BCUT2D eigenvalue weighted by Gasteiger charge is 2.16. The highest BCUT2D eigenvalue weighted by atomic mass is 79.9. The first-order valence-corrected chi connectivity index (χ1v) is 6.01. The number of nitrogens with zero attached hydrogens (tertiary/aromatic N) is 2. The molecule has 2 rings (SSSR count). The van der Waals surface area contributed by atoms with Crippen LogP contribution in [0.3, 0.4) is 0 Å². The van der Waals surface area contributed by atoms with Crippen LogP contribution in [0.2, 0.25) is 0 Å². The summed E-state index contributed by atoms with van der Waals surface area (Å²) in [5.74, 6) is 0.435. The summed E-state index contributed by atoms with van der Waals surface area (Å²) in [4.78, 5) is 4.27. The number of aliphatic hydroxyl groups is 1. The molecule has 2 aromatic rings. The van der Waals surface area contributed by atoms with Gasteiger partial charge in [0.2, 0.25) is 0 Å². The maximum Gasteiger partial charge on any atom is 0.132 e. The van der Waals surface area contributed by atoms with Gasteiger partial charge in [0.25, 0.3) is 0 Å². The van der Waals surface area contributed by atoms with Gasteiger partial charge >= 0.3 is 0 Å². The lowest BCUT2D eigenvalue weighted by Crippen LogP contribution is -2.02. The molecule has 0 atom stereocenters. The molecule has 90 valence electrons. The van der Waals surface area contributed by atoms with Crippen molar-refractivity contribution in [2.45, 2.75) is 6.42 Å². The van der Waals surface area contributed by atoms with E-state index in [0.717, 1.165) is 5.82 Å². The van der Waals surface area contributed by atoms with Crippen molar-refractivity contribution >= 4 is 15.9 Å². The van der Waals surface area contributed by atoms with Gasteiger partial charge in [0.05, 0.1) is 12.3 Å². The van der Waals surface area contributed by atoms with Crippen molar-refractivity contribution in [2.75, 3.05) is 6.61 Å². The van der Waals surface area contributed by atoms with Crippen LogP contribution < -0.4 is 0 Å². The summed E-state index contributed by atoms with van der Waals surface area (Å²) < 4.78 is 16.1. The molecule has 3 nitrogen and oxygen atoms in total. The fraction of sp³-hybridized carbons (Fsp3) is 0.250. The van der Waals surface area contributed by atoms with Gasteiger partial charge in [-0.15, -0.1) is 0 Å². The minimum atomic E-state index is -0.285. The molecule has 1 aromatic carbocycles. The molecule has 0 amide bonds. The highest BCUT2D eigenvalue weighted by Crippen LogP contribution is 2.30. The molecule has 0 radical (unpaired) electrons. The Hall–Kier alpha value is -1.20. The van der Waals surface area contributed by atoms with E-state index >= 15 is 0 Å². The first-order valence-electron chi connectivity index (χ1n) is 5.22. The second kappa shape index (κ2) is 4.98. The summed E-state index contributed by atoms with van der Waals surface area (Å²) in [6.07, 6.45) is 0.448. The van der Waals surface area contributed by atoms with Gasteiger partial charge in [0.1, 0.15) is 16.2 Å². The average Bonchev–Trinajstić information content (AvgIpc) is 2.57. The maximum atomic E-state index is 13.7. The third kappa shape index (κ3) is 2.25. The molecule has 1 N–H and O–H groups in total. The average molecular weight is 299 g/mol. The van der Waals surface area contributed by atoms with E-state index in [9.17, 15) is 4.39 Å². The Labute approximate surface area is 107 Å². The first-order chi connectivity index (χ1) is 8.15. The second-order valence-corrected chi connectivity index (χ2v) is 4.43. The minimum Gasteiger partial charge on any atom is -0.396 e. The number of aliphatic hydroxyl groups excluding tert-OH is 1. The van der Waals surface area contributed by atoms with Crippen LogP contribution in [0.5, 0.6) is 0 Å². The van der Waals surface area contributed by atoms with Gasteiger partial charge < -0.3 is 9.67 Å². The molecule has 0 bridgehead atoms. The molecule has 5 heteroatoms. The van der Waals surface area contributed by atoms with Crippen LogP contribution in [-0.4, -0.2) is 21.3 Å². The number of halogens is 2. The van der Waals surface area contributed by atoms with E-state index in [1.807, 2.05) is 7.05 Å². The second-order valence-electron chi connectivity index (χ2n) is 3.68. The molecule has 0 aliphatic carbocycles. The molecule has 0 aliphatic heterocycles. The Morgan fingerprint density at radius 3 is 2.76 bits per heavy atom. The van der Waals surface area contributed by atoms with E-state index in [-0.39, 0.29) is 12.4 Å². The third-order valence-electron chi connectivity index (χ3n) is 2.61. The van der Waals surface area contributed by atoms with E-state index in [4.69, 9.17) is 5.11 Å². The van der Waals surface area contributed by atoms with Gasteiger partial charge in [-0.3, -0.25) is 0 Å². The number of hydrogen-bond donors (Lipinski definition) is 1. The van der Waals surface area contributed by atoms with Crippen LogP contribution in [0, 0.1) is 5.82 Å². The van der Waals surface area contributed by atoms with E-state index in [0.29, 0.717) is 22.3 Å². The van der Waals surface area contributed by atoms with Gasteiger partial charge in [0.15, 0.2) is 0 Å². The Morgan fingerprint density at radius 2 is 2.12 bits per heavy atom. The Morgan fingerprint density at radius 1 is 1.41 bits per heavy atom. The molecular weight excluding hydrogens is 287 g/mol. The molecular formula is C12H12BrFN2O. The number of aromatic nitrogens is 2. The first kappa shape index (κ1) is 12.3. The molecule has 0 fully saturated rings. The zero-order valence-corrected chi connectivity index (χ0v) is 10.9. The standard InChI is InChI=1S/C12H12BrFN2O/c1-16-10(6-7-17)15-12(13)11(16)8-4-2-3-5-9(8)14/h2-5,17H,6-7H2,1H3. The predicted octanol–water partition coefficient (Wildman–Crippen LogP) is 2.52. The molecule has 0 spiro atoms. The maximum absolute atomic E-state index is 13.7. The lowest BCUT2D eigenvalue weighted by molar-refractivity contribution is 0.295. The van der Waals surface area contributed by atoms with Gasteiger partial charge in [-0.1, -0.05) is 12.1 Å². The smallest absolute Gasteiger partial charge is 0.132 e. The summed E-state index contributed by atoms with van der Waals surface area (Å²) >= 11 is 3.33. The summed E-state index contributed by atoms with van der Waals surface area (Å²) in [6, 6.07) is 6.56. The normalized spacial score (nSPS) is 10.8. The number of benzene rings is 1. The number of imidazole rings is 1. The molecule has 1 heterocycles. The lowest BCUT2D eigenvalue weighted by Gasteiger charge is -2.06. The van der Waals surface area contributed by atoms with E-state index < -0.39 is 0 Å². The summed E-state index contributed by atoms with van der Waals surface area (Å²) in [5.41, 5.74) is 1.19. The van der Waals surface area contributed by atoms with Crippen molar-refractivity contribution in [1.29, 1.82) is 0 Å². The quantitative estimate of drug-likeness (QED) is 0.945. The van der Waals surface area contributed by atoms with Gasteiger partial charge in [-0.05, 0) is 28.1 Å². The molecule has 0 unspecified atom stereocenters. The van der Waals surface area contributed by atoms with Crippen LogP contribution in [0.15, 0.2) is 28.9 Å². The molecule has 0 aliphatic rings. The minimum absolute atomic E-state index is 0.0218. The number of rotatable bonds is 3. The predicted molar refractivity (Wildman–Crippen MR) is 67.1 cm³/mol. The highest BCUT2D eigenvalue weighted by molar-refractivity contribution is 9.10. The fourth-order valence-corrected chi connectivity index (χ4v) is 2.46. The van der Waals surface area contributed by atoms with Gasteiger partial charge in [-0.2, -0.15) is 0 Å². The van der Waals surface area contributed by atoms with Crippen molar-refractivity contribution in [3.05, 3.63) is 40.5 Å². The zero-order valence-electron chi connectivity index (χ0n) is 9.32. The third-order valence-corrected chi connectivity index (χ3v) is 3.16. The Balaban J connectivity index is 2.56. The number of hydrogen-bond acceptors (Lipinski definition) is 2. The largest absolute Gasteiger partial charge is 0.396 e. The van der Waals surface area contributed by atoms with E-state index in [1.165, 1.54) is 6.07 Å². The van der Waals surface area contributed by atoms with E-state index in [1.54, 1.807) is 22.8 Å². The topological polar surface area (TPSA) is 38.0 Å². The molecule has 1 aromatic heterocycles. The van der Waals surface area contributed by atoms with Crippen molar-refractivity contribution in [3.8, 4) is 11.3 Å². The lowest BCUT2D eigenvalue weighted by atomic mass is 10.1. The Kier molecular flexibility index (Phi) is 3.59. The van der Waals surface area contributed by atoms with Crippen molar-refractivity contribution < 1.29 is 9.50 Å². The van der Waals surface area contributed by atoms with Crippen LogP contribution in [-0.2, 0) is 13.5 Å². The van der Waals surface area contributed by atoms with Crippen molar-refractivity contribution in [3.63, 3.8) is 0 Å². The van der Waals surface area contributed by atoms with Crippen LogP contribution in [0.25, 0.3) is 11.3 Å². The summed E-state index contributed by atoms with van der Waals surface area (Å²) in [5, 5.41) is 8.93. The Bertz CT molecular complexity index is 539. The van der Waals surface area contributed by atoms with Crippen LogP contribution >= 0.6 is 15.9 Å². The SMILES string of the molecule is Cn1c(CCO)nc(Br)c1-c1ccccc1F. The van der Waals surface area contributed by atoms with Gasteiger partial charge in [0, 0.05) is 19.0 Å². The van der Waals surface area contributed by atoms with Crippen LogP contribution in [0.4, 0.5) is 4.39 Å². The van der Waals surface area contributed by atoms with Crippen molar-refractivity contribution in [1.82, 2.24) is 9.55 Å².